The molecule has 0 bridgehead atoms. The molecular weight excluding hydrogens is 377 g/mol. The van der Waals surface area contributed by atoms with Crippen molar-refractivity contribution in [1.29, 1.82) is 0 Å². The Morgan fingerprint density at radius 1 is 1.14 bits per heavy atom. The van der Waals surface area contributed by atoms with Crippen LogP contribution in [0.25, 0.3) is 0 Å². The molecule has 156 valence electrons. The van der Waals surface area contributed by atoms with Crippen LogP contribution in [0.4, 0.5) is 9.18 Å². The summed E-state index contributed by atoms with van der Waals surface area (Å²) in [7, 11) is 0. The maximum Gasteiger partial charge on any atom is 0.317 e. The zero-order valence-electron chi connectivity index (χ0n) is 16.2. The molecular formula is C21H26FN3O4. The largest absolute Gasteiger partial charge is 0.490 e. The highest BCUT2D eigenvalue weighted by Crippen LogP contribution is 2.18. The first kappa shape index (κ1) is 20.7. The van der Waals surface area contributed by atoms with Crippen LogP contribution in [0.5, 0.6) is 5.75 Å². The summed E-state index contributed by atoms with van der Waals surface area (Å²) in [4.78, 5) is 26.2. The number of rotatable bonds is 8. The summed E-state index contributed by atoms with van der Waals surface area (Å²) in [5, 5.41) is 5.71. The van der Waals surface area contributed by atoms with Gasteiger partial charge in [-0.3, -0.25) is 4.79 Å². The van der Waals surface area contributed by atoms with Gasteiger partial charge in [0.2, 0.25) is 5.91 Å². The summed E-state index contributed by atoms with van der Waals surface area (Å²) in [6.07, 6.45) is 3.41. The van der Waals surface area contributed by atoms with E-state index in [4.69, 9.17) is 9.15 Å². The molecule has 1 aliphatic rings. The van der Waals surface area contributed by atoms with Gasteiger partial charge in [-0.15, -0.1) is 0 Å². The highest BCUT2D eigenvalue weighted by molar-refractivity contribution is 5.79. The number of benzene rings is 1. The summed E-state index contributed by atoms with van der Waals surface area (Å²) in [6, 6.07) is 9.68. The molecule has 0 spiro atoms. The van der Waals surface area contributed by atoms with Crippen LogP contribution in [0.15, 0.2) is 47.1 Å². The fourth-order valence-electron chi connectivity index (χ4n) is 3.20. The molecule has 0 radical (unpaired) electrons. The molecule has 2 aromatic rings. The number of para-hydroxylation sites is 1. The van der Waals surface area contributed by atoms with Crippen molar-refractivity contribution < 1.29 is 23.1 Å². The molecule has 1 aliphatic heterocycles. The number of amides is 3. The van der Waals surface area contributed by atoms with Crippen molar-refractivity contribution in [3.05, 3.63) is 54.2 Å². The molecule has 1 fully saturated rings. The van der Waals surface area contributed by atoms with Crippen LogP contribution in [0.2, 0.25) is 0 Å². The number of furan rings is 1. The first-order valence-corrected chi connectivity index (χ1v) is 9.83. The summed E-state index contributed by atoms with van der Waals surface area (Å²) in [5.74, 6) is 0.433. The minimum Gasteiger partial charge on any atom is -0.490 e. The van der Waals surface area contributed by atoms with Gasteiger partial charge in [0, 0.05) is 25.6 Å². The summed E-state index contributed by atoms with van der Waals surface area (Å²) in [5.41, 5.74) is 0. The number of halogens is 1. The zero-order valence-corrected chi connectivity index (χ0v) is 16.2. The fraction of sp³-hybridized carbons (Fsp3) is 0.429. The summed E-state index contributed by atoms with van der Waals surface area (Å²) >= 11 is 0. The van der Waals surface area contributed by atoms with Crippen molar-refractivity contribution in [2.24, 2.45) is 5.92 Å². The molecule has 0 saturated carbocycles. The third kappa shape index (κ3) is 6.23. The predicted octanol–water partition coefficient (Wildman–Crippen LogP) is 2.93. The lowest BCUT2D eigenvalue weighted by Gasteiger charge is -2.31. The van der Waals surface area contributed by atoms with Crippen LogP contribution >= 0.6 is 0 Å². The highest BCUT2D eigenvalue weighted by Gasteiger charge is 2.27. The number of hydrogen-bond acceptors (Lipinski definition) is 4. The average molecular weight is 403 g/mol. The number of hydrogen-bond donors (Lipinski definition) is 2. The van der Waals surface area contributed by atoms with Gasteiger partial charge >= 0.3 is 6.03 Å². The van der Waals surface area contributed by atoms with E-state index in [-0.39, 0.29) is 23.6 Å². The van der Waals surface area contributed by atoms with E-state index in [2.05, 4.69) is 10.6 Å². The van der Waals surface area contributed by atoms with Crippen LogP contribution < -0.4 is 15.4 Å². The molecule has 0 aliphatic carbocycles. The van der Waals surface area contributed by atoms with Crippen molar-refractivity contribution in [2.45, 2.75) is 25.8 Å². The van der Waals surface area contributed by atoms with Gasteiger partial charge in [-0.25, -0.2) is 9.18 Å². The lowest BCUT2D eigenvalue weighted by atomic mass is 9.96. The molecule has 7 nitrogen and oxygen atoms in total. The second kappa shape index (κ2) is 10.5. The van der Waals surface area contributed by atoms with Gasteiger partial charge in [0.15, 0.2) is 11.6 Å². The quantitative estimate of drug-likeness (QED) is 0.664. The van der Waals surface area contributed by atoms with E-state index in [1.165, 1.54) is 6.07 Å². The molecule has 8 heteroatoms. The van der Waals surface area contributed by atoms with Crippen LogP contribution in [-0.4, -0.2) is 43.1 Å². The van der Waals surface area contributed by atoms with Gasteiger partial charge in [0.05, 0.1) is 19.4 Å². The number of carbonyl (C=O) groups is 2. The molecule has 3 amide bonds. The second-order valence-corrected chi connectivity index (χ2v) is 6.92. The first-order chi connectivity index (χ1) is 14.1. The Bertz CT molecular complexity index is 789. The first-order valence-electron chi connectivity index (χ1n) is 9.83. The normalized spacial score (nSPS) is 14.4. The van der Waals surface area contributed by atoms with Gasteiger partial charge in [-0.05, 0) is 43.5 Å². The van der Waals surface area contributed by atoms with Gasteiger partial charge in [-0.2, -0.15) is 0 Å². The number of nitrogens with one attached hydrogen (secondary N) is 2. The number of ether oxygens (including phenoxy) is 1. The highest BCUT2D eigenvalue weighted by atomic mass is 19.1. The van der Waals surface area contributed by atoms with E-state index in [0.717, 1.165) is 0 Å². The van der Waals surface area contributed by atoms with Crippen molar-refractivity contribution in [2.75, 3.05) is 26.2 Å². The summed E-state index contributed by atoms with van der Waals surface area (Å²) < 4.78 is 24.0. The Morgan fingerprint density at radius 3 is 2.66 bits per heavy atom. The van der Waals surface area contributed by atoms with Crippen LogP contribution in [0.3, 0.4) is 0 Å². The zero-order chi connectivity index (χ0) is 20.5. The van der Waals surface area contributed by atoms with E-state index in [0.29, 0.717) is 57.8 Å². The van der Waals surface area contributed by atoms with Crippen LogP contribution in [-0.2, 0) is 11.3 Å². The Balaban J connectivity index is 1.28. The lowest BCUT2D eigenvalue weighted by Crippen LogP contribution is -2.47. The monoisotopic (exact) mass is 403 g/mol. The van der Waals surface area contributed by atoms with E-state index in [1.54, 1.807) is 35.4 Å². The number of urea groups is 1. The molecule has 3 rings (SSSR count). The van der Waals surface area contributed by atoms with Crippen molar-refractivity contribution in [1.82, 2.24) is 15.5 Å². The molecule has 1 aromatic heterocycles. The van der Waals surface area contributed by atoms with Crippen molar-refractivity contribution >= 4 is 11.9 Å². The third-order valence-corrected chi connectivity index (χ3v) is 4.86. The average Bonchev–Trinajstić information content (AvgIpc) is 3.26. The van der Waals surface area contributed by atoms with Gasteiger partial charge in [0.1, 0.15) is 5.76 Å². The SMILES string of the molecule is O=C(NCc1ccco1)C1CCN(C(=O)NCCCOc2ccccc2F)CC1. The van der Waals surface area contributed by atoms with Gasteiger partial charge in [-0.1, -0.05) is 12.1 Å². The van der Waals surface area contributed by atoms with E-state index in [9.17, 15) is 14.0 Å². The maximum atomic E-state index is 13.4. The van der Waals surface area contributed by atoms with Gasteiger partial charge < -0.3 is 24.7 Å². The van der Waals surface area contributed by atoms with Crippen molar-refractivity contribution in [3.8, 4) is 5.75 Å². The summed E-state index contributed by atoms with van der Waals surface area (Å²) in [6.45, 7) is 2.21. The number of piperidine rings is 1. The molecule has 1 saturated heterocycles. The van der Waals surface area contributed by atoms with E-state index in [1.807, 2.05) is 6.07 Å². The molecule has 1 aromatic carbocycles. The number of nitrogens with zero attached hydrogens (tertiary/aromatic N) is 1. The molecule has 0 unspecified atom stereocenters. The smallest absolute Gasteiger partial charge is 0.317 e. The second-order valence-electron chi connectivity index (χ2n) is 6.92. The third-order valence-electron chi connectivity index (χ3n) is 4.86. The standard InChI is InChI=1S/C21H26FN3O4/c22-18-6-1-2-7-19(18)29-14-4-10-23-21(27)25-11-8-16(9-12-25)20(26)24-15-17-5-3-13-28-17/h1-3,5-7,13,16H,4,8-12,14-15H2,(H,23,27)(H,24,26). The molecule has 2 N–H and O–H groups in total. The predicted molar refractivity (Wildman–Crippen MR) is 105 cm³/mol. The Morgan fingerprint density at radius 2 is 1.93 bits per heavy atom. The topological polar surface area (TPSA) is 83.8 Å². The molecule has 29 heavy (non-hydrogen) atoms. The lowest BCUT2D eigenvalue weighted by molar-refractivity contribution is -0.126. The van der Waals surface area contributed by atoms with Crippen molar-refractivity contribution in [3.63, 3.8) is 0 Å². The van der Waals surface area contributed by atoms with Crippen LogP contribution in [0.1, 0.15) is 25.0 Å². The maximum absolute atomic E-state index is 13.4. The van der Waals surface area contributed by atoms with E-state index >= 15 is 0 Å². The van der Waals surface area contributed by atoms with E-state index < -0.39 is 5.82 Å². The minimum atomic E-state index is -0.396. The Hall–Kier alpha value is -3.03. The van der Waals surface area contributed by atoms with Gasteiger partial charge in [0.25, 0.3) is 0 Å². The number of carbonyl (C=O) groups excluding carboxylic acids is 2. The Kier molecular flexibility index (Phi) is 7.49. The fourth-order valence-corrected chi connectivity index (χ4v) is 3.20. The molecule has 0 atom stereocenters. The minimum absolute atomic E-state index is 0.00764. The number of likely N-dealkylation sites (tertiary alicyclic amines) is 1. The Labute approximate surface area is 169 Å². The molecule has 2 heterocycles. The van der Waals surface area contributed by atoms with Crippen LogP contribution in [0, 0.1) is 11.7 Å².